The molecule has 0 bridgehead atoms. The molecule has 0 saturated heterocycles. The molecule has 0 amide bonds. The van der Waals surface area contributed by atoms with Gasteiger partial charge in [0.2, 0.25) is 0 Å². The Balaban J connectivity index is 1.68. The molecule has 0 spiro atoms. The van der Waals surface area contributed by atoms with Crippen LogP contribution in [0.2, 0.25) is 0 Å². The van der Waals surface area contributed by atoms with Crippen molar-refractivity contribution in [1.82, 2.24) is 4.98 Å². The lowest BCUT2D eigenvalue weighted by Gasteiger charge is -2.13. The van der Waals surface area contributed by atoms with Crippen LogP contribution in [-0.4, -0.2) is 10.1 Å². The number of hydrogen-bond donors (Lipinski definition) is 3. The van der Waals surface area contributed by atoms with E-state index in [9.17, 15) is 9.50 Å². The maximum atomic E-state index is 13.3. The zero-order valence-electron chi connectivity index (χ0n) is 12.9. The molecule has 0 aliphatic carbocycles. The van der Waals surface area contributed by atoms with Crippen molar-refractivity contribution < 1.29 is 9.50 Å². The first-order valence-corrected chi connectivity index (χ1v) is 9.24. The predicted octanol–water partition coefficient (Wildman–Crippen LogP) is 4.85. The maximum absolute atomic E-state index is 13.3. The van der Waals surface area contributed by atoms with E-state index in [1.165, 1.54) is 23.5 Å². The Morgan fingerprint density at radius 1 is 1.16 bits per heavy atom. The third-order valence-corrected chi connectivity index (χ3v) is 5.83. The van der Waals surface area contributed by atoms with E-state index in [0.717, 1.165) is 20.8 Å². The van der Waals surface area contributed by atoms with E-state index in [0.29, 0.717) is 16.3 Å². The van der Waals surface area contributed by atoms with Crippen molar-refractivity contribution in [2.24, 2.45) is 0 Å². The molecule has 0 radical (unpaired) electrons. The molecule has 1 unspecified atom stereocenters. The Hall–Kier alpha value is -2.48. The zero-order chi connectivity index (χ0) is 17.4. The van der Waals surface area contributed by atoms with Crippen LogP contribution in [-0.2, 0) is 0 Å². The Kier molecular flexibility index (Phi) is 4.12. The number of anilines is 2. The molecule has 0 fully saturated rings. The van der Waals surface area contributed by atoms with Crippen molar-refractivity contribution in [2.45, 2.75) is 6.23 Å². The lowest BCUT2D eigenvalue weighted by atomic mass is 10.2. The highest BCUT2D eigenvalue weighted by Gasteiger charge is 2.18. The van der Waals surface area contributed by atoms with Crippen LogP contribution >= 0.6 is 22.7 Å². The number of rotatable bonds is 4. The summed E-state index contributed by atoms with van der Waals surface area (Å²) in [6.07, 6.45) is -1.04. The molecule has 1 atom stereocenters. The van der Waals surface area contributed by atoms with Gasteiger partial charge in [-0.05, 0) is 41.8 Å². The van der Waals surface area contributed by atoms with Gasteiger partial charge in [-0.1, -0.05) is 12.1 Å². The van der Waals surface area contributed by atoms with Gasteiger partial charge in [-0.15, -0.1) is 22.7 Å². The van der Waals surface area contributed by atoms with Gasteiger partial charge in [0.1, 0.15) is 10.6 Å². The number of nitrogen functional groups attached to an aromatic ring is 1. The fourth-order valence-electron chi connectivity index (χ4n) is 2.58. The number of pyridine rings is 1. The number of benzene rings is 1. The van der Waals surface area contributed by atoms with Crippen LogP contribution in [0, 0.1) is 5.82 Å². The van der Waals surface area contributed by atoms with Crippen molar-refractivity contribution >= 4 is 44.3 Å². The van der Waals surface area contributed by atoms with Gasteiger partial charge in [0.05, 0.1) is 21.1 Å². The molecule has 4 aromatic rings. The van der Waals surface area contributed by atoms with Gasteiger partial charge in [0, 0.05) is 11.1 Å². The average molecular weight is 371 g/mol. The van der Waals surface area contributed by atoms with Crippen LogP contribution in [0.5, 0.6) is 0 Å². The monoisotopic (exact) mass is 371 g/mol. The second-order valence-electron chi connectivity index (χ2n) is 5.46. The van der Waals surface area contributed by atoms with Gasteiger partial charge >= 0.3 is 0 Å². The minimum Gasteiger partial charge on any atom is -0.397 e. The molecule has 4 N–H and O–H groups in total. The van der Waals surface area contributed by atoms with Crippen LogP contribution in [0.25, 0.3) is 20.8 Å². The Bertz CT molecular complexity index is 1030. The number of fused-ring (bicyclic) bond motifs is 1. The first-order valence-electron chi connectivity index (χ1n) is 7.55. The number of hydrogen-bond acceptors (Lipinski definition) is 6. The van der Waals surface area contributed by atoms with E-state index in [2.05, 4.69) is 10.3 Å². The molecule has 3 heterocycles. The van der Waals surface area contributed by atoms with E-state index < -0.39 is 6.23 Å². The Morgan fingerprint density at radius 2 is 2.04 bits per heavy atom. The third kappa shape index (κ3) is 3.09. The van der Waals surface area contributed by atoms with Crippen molar-refractivity contribution in [3.05, 3.63) is 64.6 Å². The standard InChI is InChI=1S/C18H14FN3OS2/c19-10-3-1-4-11(9-10)21-17(23)16-15(20)12-6-7-13(22-18(12)25-16)14-5-2-8-24-14/h1-9,17,21,23H,20H2. The lowest BCUT2D eigenvalue weighted by molar-refractivity contribution is 0.213. The summed E-state index contributed by atoms with van der Waals surface area (Å²) in [7, 11) is 0. The molecule has 0 saturated carbocycles. The summed E-state index contributed by atoms with van der Waals surface area (Å²) < 4.78 is 13.3. The lowest BCUT2D eigenvalue weighted by Crippen LogP contribution is -2.09. The first kappa shape index (κ1) is 16.0. The SMILES string of the molecule is Nc1c(C(O)Nc2cccc(F)c2)sc2nc(-c3cccs3)ccc12. The highest BCUT2D eigenvalue weighted by molar-refractivity contribution is 7.19. The van der Waals surface area contributed by atoms with Crippen LogP contribution in [0.4, 0.5) is 15.8 Å². The minimum atomic E-state index is -1.04. The summed E-state index contributed by atoms with van der Waals surface area (Å²) >= 11 is 2.95. The quantitative estimate of drug-likeness (QED) is 0.449. The van der Waals surface area contributed by atoms with Crippen molar-refractivity contribution in [3.8, 4) is 10.6 Å². The van der Waals surface area contributed by atoms with Crippen LogP contribution in [0.1, 0.15) is 11.1 Å². The number of aliphatic hydroxyl groups excluding tert-OH is 1. The molecule has 0 aliphatic rings. The van der Waals surface area contributed by atoms with Crippen LogP contribution in [0.15, 0.2) is 53.9 Å². The molecule has 126 valence electrons. The Morgan fingerprint density at radius 3 is 2.80 bits per heavy atom. The summed E-state index contributed by atoms with van der Waals surface area (Å²) in [4.78, 5) is 7.06. The summed E-state index contributed by atoms with van der Waals surface area (Å²) in [5, 5.41) is 16.1. The fourth-order valence-corrected chi connectivity index (χ4v) is 4.31. The number of nitrogens with one attached hydrogen (secondary N) is 1. The number of nitrogens with zero attached hydrogens (tertiary/aromatic N) is 1. The van der Waals surface area contributed by atoms with Crippen LogP contribution < -0.4 is 11.1 Å². The van der Waals surface area contributed by atoms with E-state index in [4.69, 9.17) is 5.73 Å². The zero-order valence-corrected chi connectivity index (χ0v) is 14.6. The third-order valence-electron chi connectivity index (χ3n) is 3.77. The molecule has 3 aromatic heterocycles. The maximum Gasteiger partial charge on any atom is 0.162 e. The predicted molar refractivity (Wildman–Crippen MR) is 102 cm³/mol. The first-order chi connectivity index (χ1) is 12.1. The fraction of sp³-hybridized carbons (Fsp3) is 0.0556. The smallest absolute Gasteiger partial charge is 0.162 e. The molecular formula is C18H14FN3OS2. The van der Waals surface area contributed by atoms with Gasteiger partial charge in [0.15, 0.2) is 6.23 Å². The van der Waals surface area contributed by atoms with E-state index >= 15 is 0 Å². The number of halogens is 1. The second-order valence-corrected chi connectivity index (χ2v) is 7.44. The van der Waals surface area contributed by atoms with Gasteiger partial charge in [-0.3, -0.25) is 0 Å². The molecular weight excluding hydrogens is 357 g/mol. The molecule has 7 heteroatoms. The van der Waals surface area contributed by atoms with Crippen molar-refractivity contribution in [1.29, 1.82) is 0 Å². The molecule has 25 heavy (non-hydrogen) atoms. The van der Waals surface area contributed by atoms with Crippen LogP contribution in [0.3, 0.4) is 0 Å². The van der Waals surface area contributed by atoms with E-state index in [1.807, 2.05) is 29.6 Å². The summed E-state index contributed by atoms with van der Waals surface area (Å²) in [5.74, 6) is -0.372. The number of nitrogens with two attached hydrogens (primary N) is 1. The highest BCUT2D eigenvalue weighted by atomic mass is 32.1. The Labute approximate surface area is 151 Å². The van der Waals surface area contributed by atoms with E-state index in [-0.39, 0.29) is 5.82 Å². The van der Waals surface area contributed by atoms with Crippen molar-refractivity contribution in [3.63, 3.8) is 0 Å². The van der Waals surface area contributed by atoms with Gasteiger partial charge in [0.25, 0.3) is 0 Å². The summed E-state index contributed by atoms with van der Waals surface area (Å²) in [6.45, 7) is 0. The topological polar surface area (TPSA) is 71.2 Å². The number of aromatic nitrogens is 1. The molecule has 4 rings (SSSR count). The van der Waals surface area contributed by atoms with Gasteiger partial charge in [-0.25, -0.2) is 9.37 Å². The molecule has 0 aliphatic heterocycles. The van der Waals surface area contributed by atoms with Gasteiger partial charge < -0.3 is 16.2 Å². The highest BCUT2D eigenvalue weighted by Crippen LogP contribution is 2.38. The van der Waals surface area contributed by atoms with Crippen molar-refractivity contribution in [2.75, 3.05) is 11.1 Å². The summed E-state index contributed by atoms with van der Waals surface area (Å²) in [6, 6.07) is 13.8. The largest absolute Gasteiger partial charge is 0.397 e. The van der Waals surface area contributed by atoms with Gasteiger partial charge in [-0.2, -0.15) is 0 Å². The van der Waals surface area contributed by atoms with E-state index in [1.54, 1.807) is 23.5 Å². The number of thiophene rings is 2. The summed E-state index contributed by atoms with van der Waals surface area (Å²) in [5.41, 5.74) is 8.04. The molecule has 1 aromatic carbocycles. The average Bonchev–Trinajstić information content (AvgIpc) is 3.23. The second kappa shape index (κ2) is 6.44. The normalized spacial score (nSPS) is 12.4. The molecule has 4 nitrogen and oxygen atoms in total. The number of aliphatic hydroxyl groups is 1. The minimum absolute atomic E-state index is 0.372.